The third kappa shape index (κ3) is 2.52. The van der Waals surface area contributed by atoms with E-state index in [0.29, 0.717) is 5.56 Å². The highest BCUT2D eigenvalue weighted by molar-refractivity contribution is 5.94. The van der Waals surface area contributed by atoms with Gasteiger partial charge in [-0.1, -0.05) is 32.9 Å². The lowest BCUT2D eigenvalue weighted by molar-refractivity contribution is -0.137. The van der Waals surface area contributed by atoms with Crippen molar-refractivity contribution in [3.63, 3.8) is 0 Å². The van der Waals surface area contributed by atoms with E-state index in [2.05, 4.69) is 10.6 Å². The minimum Gasteiger partial charge on any atom is -0.330 e. The molecule has 0 radical (unpaired) electrons. The zero-order chi connectivity index (χ0) is 14.4. The van der Waals surface area contributed by atoms with Gasteiger partial charge in [0.1, 0.15) is 0 Å². The molecule has 104 valence electrons. The Kier molecular flexibility index (Phi) is 2.99. The maximum Gasteiger partial charge on any atom is 0.418 e. The van der Waals surface area contributed by atoms with Crippen LogP contribution in [-0.2, 0) is 6.18 Å². The summed E-state index contributed by atoms with van der Waals surface area (Å²) in [7, 11) is 0. The molecule has 2 N–H and O–H groups in total. The zero-order valence-electron chi connectivity index (χ0n) is 10.9. The molecule has 0 spiro atoms. The minimum atomic E-state index is -4.49. The van der Waals surface area contributed by atoms with Crippen molar-refractivity contribution in [2.45, 2.75) is 33.0 Å². The first-order valence-electron chi connectivity index (χ1n) is 5.88. The molecule has 1 aliphatic rings. The molecule has 2 amide bonds. The summed E-state index contributed by atoms with van der Waals surface area (Å²) in [5.41, 5.74) is -0.869. The number of rotatable bonds is 0. The number of fused-ring (bicyclic) bond motifs is 1. The topological polar surface area (TPSA) is 41.1 Å². The molecule has 19 heavy (non-hydrogen) atoms. The number of alkyl halides is 3. The first kappa shape index (κ1) is 13.7. The Morgan fingerprint density at radius 3 is 2.32 bits per heavy atom. The summed E-state index contributed by atoms with van der Waals surface area (Å²) in [6.07, 6.45) is -4.49. The van der Waals surface area contributed by atoms with Gasteiger partial charge in [-0.25, -0.2) is 4.79 Å². The molecule has 0 aliphatic carbocycles. The van der Waals surface area contributed by atoms with Crippen molar-refractivity contribution in [3.8, 4) is 0 Å². The summed E-state index contributed by atoms with van der Waals surface area (Å²) in [5.74, 6) is 0. The van der Waals surface area contributed by atoms with Crippen molar-refractivity contribution < 1.29 is 18.0 Å². The lowest BCUT2D eigenvalue weighted by Crippen LogP contribution is -2.44. The summed E-state index contributed by atoms with van der Waals surface area (Å²) in [5, 5.41) is 4.94. The van der Waals surface area contributed by atoms with E-state index < -0.39 is 23.8 Å². The largest absolute Gasteiger partial charge is 0.418 e. The number of para-hydroxylation sites is 1. The summed E-state index contributed by atoms with van der Waals surface area (Å²) in [6.45, 7) is 5.61. The van der Waals surface area contributed by atoms with E-state index in [-0.39, 0.29) is 11.1 Å². The molecule has 6 heteroatoms. The maximum absolute atomic E-state index is 13.0. The number of amides is 2. The number of hydrogen-bond acceptors (Lipinski definition) is 1. The van der Waals surface area contributed by atoms with E-state index in [1.165, 1.54) is 6.07 Å². The molecule has 0 aromatic heterocycles. The monoisotopic (exact) mass is 272 g/mol. The lowest BCUT2D eigenvalue weighted by Gasteiger charge is -2.37. The predicted molar refractivity (Wildman–Crippen MR) is 65.8 cm³/mol. The van der Waals surface area contributed by atoms with Crippen LogP contribution in [0.15, 0.2) is 18.2 Å². The van der Waals surface area contributed by atoms with Gasteiger partial charge in [-0.3, -0.25) is 0 Å². The van der Waals surface area contributed by atoms with Crippen LogP contribution in [0, 0.1) is 5.41 Å². The Labute approximate surface area is 109 Å². The van der Waals surface area contributed by atoms with Crippen LogP contribution >= 0.6 is 0 Å². The predicted octanol–water partition coefficient (Wildman–Crippen LogP) is 3.93. The van der Waals surface area contributed by atoms with Crippen LogP contribution in [0.2, 0.25) is 0 Å². The van der Waals surface area contributed by atoms with E-state index in [9.17, 15) is 18.0 Å². The standard InChI is InChI=1S/C13H15F3N2O/c1-12(2,3)10-7-5-4-6-8(13(14,15)16)9(7)17-11(19)18-10/h4-6,10H,1-3H3,(H2,17,18,19). The minimum absolute atomic E-state index is 0.140. The number of urea groups is 1. The lowest BCUT2D eigenvalue weighted by atomic mass is 9.80. The number of nitrogens with one attached hydrogen (secondary N) is 2. The third-order valence-corrected chi connectivity index (χ3v) is 3.09. The van der Waals surface area contributed by atoms with Gasteiger partial charge in [-0.05, 0) is 17.0 Å². The molecule has 0 saturated carbocycles. The number of anilines is 1. The molecular formula is C13H15F3N2O. The van der Waals surface area contributed by atoms with Gasteiger partial charge in [-0.15, -0.1) is 0 Å². The molecule has 1 aromatic rings. The van der Waals surface area contributed by atoms with E-state index in [1.807, 2.05) is 20.8 Å². The third-order valence-electron chi connectivity index (χ3n) is 3.09. The molecule has 0 bridgehead atoms. The molecule has 3 nitrogen and oxygen atoms in total. The molecule has 1 atom stereocenters. The van der Waals surface area contributed by atoms with E-state index in [4.69, 9.17) is 0 Å². The Balaban J connectivity index is 2.62. The molecule has 2 rings (SSSR count). The van der Waals surface area contributed by atoms with E-state index in [0.717, 1.165) is 6.07 Å². The Bertz CT molecular complexity index is 518. The van der Waals surface area contributed by atoms with Crippen LogP contribution in [0.5, 0.6) is 0 Å². The summed E-state index contributed by atoms with van der Waals surface area (Å²) in [4.78, 5) is 11.6. The number of carbonyl (C=O) groups excluding carboxylic acids is 1. The van der Waals surface area contributed by atoms with Gasteiger partial charge in [0.15, 0.2) is 0 Å². The molecule has 1 aromatic carbocycles. The molecule has 1 heterocycles. The quantitative estimate of drug-likeness (QED) is 0.738. The highest BCUT2D eigenvalue weighted by atomic mass is 19.4. The van der Waals surface area contributed by atoms with Crippen molar-refractivity contribution in [3.05, 3.63) is 29.3 Å². The van der Waals surface area contributed by atoms with Crippen LogP contribution in [0.3, 0.4) is 0 Å². The maximum atomic E-state index is 13.0. The van der Waals surface area contributed by atoms with Gasteiger partial charge in [0.05, 0.1) is 17.3 Å². The van der Waals surface area contributed by atoms with Crippen LogP contribution in [-0.4, -0.2) is 6.03 Å². The van der Waals surface area contributed by atoms with Crippen molar-refractivity contribution in [2.75, 3.05) is 5.32 Å². The second-order valence-corrected chi connectivity index (χ2v) is 5.67. The van der Waals surface area contributed by atoms with Crippen molar-refractivity contribution in [1.29, 1.82) is 0 Å². The van der Waals surface area contributed by atoms with Crippen LogP contribution in [0.4, 0.5) is 23.7 Å². The fourth-order valence-corrected chi connectivity index (χ4v) is 2.23. The summed E-state index contributed by atoms with van der Waals surface area (Å²) < 4.78 is 38.9. The van der Waals surface area contributed by atoms with Gasteiger partial charge < -0.3 is 10.6 Å². The molecule has 1 aliphatic heterocycles. The van der Waals surface area contributed by atoms with Crippen LogP contribution < -0.4 is 10.6 Å². The summed E-state index contributed by atoms with van der Waals surface area (Å²) >= 11 is 0. The molecule has 1 unspecified atom stereocenters. The van der Waals surface area contributed by atoms with Crippen molar-refractivity contribution >= 4 is 11.7 Å². The number of hydrogen-bond donors (Lipinski definition) is 2. The van der Waals surface area contributed by atoms with Gasteiger partial charge in [0.2, 0.25) is 0 Å². The van der Waals surface area contributed by atoms with Gasteiger partial charge in [0, 0.05) is 0 Å². The zero-order valence-corrected chi connectivity index (χ0v) is 10.9. The smallest absolute Gasteiger partial charge is 0.330 e. The van der Waals surface area contributed by atoms with Crippen LogP contribution in [0.25, 0.3) is 0 Å². The van der Waals surface area contributed by atoms with Gasteiger partial charge in [-0.2, -0.15) is 13.2 Å². The highest BCUT2D eigenvalue weighted by Crippen LogP contribution is 2.44. The average Bonchev–Trinajstić information content (AvgIpc) is 2.24. The second-order valence-electron chi connectivity index (χ2n) is 5.67. The first-order valence-corrected chi connectivity index (χ1v) is 5.88. The highest BCUT2D eigenvalue weighted by Gasteiger charge is 2.40. The van der Waals surface area contributed by atoms with Crippen molar-refractivity contribution in [1.82, 2.24) is 5.32 Å². The first-order chi connectivity index (χ1) is 8.60. The normalized spacial score (nSPS) is 19.5. The number of benzene rings is 1. The van der Waals surface area contributed by atoms with Crippen LogP contribution in [0.1, 0.15) is 37.9 Å². The molecular weight excluding hydrogens is 257 g/mol. The number of carbonyl (C=O) groups is 1. The SMILES string of the molecule is CC(C)(C)C1NC(=O)Nc2c1cccc2C(F)(F)F. The Hall–Kier alpha value is -1.72. The average molecular weight is 272 g/mol. The fraction of sp³-hybridized carbons (Fsp3) is 0.462. The Morgan fingerprint density at radius 2 is 1.79 bits per heavy atom. The Morgan fingerprint density at radius 1 is 1.16 bits per heavy atom. The van der Waals surface area contributed by atoms with Gasteiger partial charge in [0.25, 0.3) is 0 Å². The molecule has 0 saturated heterocycles. The fourth-order valence-electron chi connectivity index (χ4n) is 2.23. The van der Waals surface area contributed by atoms with E-state index in [1.54, 1.807) is 6.07 Å². The van der Waals surface area contributed by atoms with E-state index >= 15 is 0 Å². The van der Waals surface area contributed by atoms with Crippen molar-refractivity contribution in [2.24, 2.45) is 5.41 Å². The second kappa shape index (κ2) is 4.15. The van der Waals surface area contributed by atoms with Gasteiger partial charge >= 0.3 is 12.2 Å². The molecule has 0 fully saturated rings. The number of halogens is 3. The summed E-state index contributed by atoms with van der Waals surface area (Å²) in [6, 6.07) is 2.87.